The van der Waals surface area contributed by atoms with Crippen LogP contribution >= 0.6 is 27.5 Å². The van der Waals surface area contributed by atoms with E-state index in [0.29, 0.717) is 0 Å². The average Bonchev–Trinajstić information content (AvgIpc) is 2.27. The van der Waals surface area contributed by atoms with Crippen molar-refractivity contribution in [3.8, 4) is 0 Å². The first-order valence-electron chi connectivity index (χ1n) is 5.15. The molecule has 1 aromatic rings. The molecular weight excluding hydrogens is 275 g/mol. The minimum absolute atomic E-state index is 0.726. The molecular formula is C11H16BrClN2. The summed E-state index contributed by atoms with van der Waals surface area (Å²) in [5, 5.41) is 0. The summed E-state index contributed by atoms with van der Waals surface area (Å²) in [4.78, 5) is 6.70. The summed E-state index contributed by atoms with van der Waals surface area (Å²) in [6.45, 7) is 5.14. The zero-order valence-corrected chi connectivity index (χ0v) is 11.3. The highest BCUT2D eigenvalue weighted by Crippen LogP contribution is 2.09. The molecule has 1 rings (SSSR count). The maximum absolute atomic E-state index is 5.68. The van der Waals surface area contributed by atoms with Gasteiger partial charge in [-0.05, 0) is 47.6 Å². The summed E-state index contributed by atoms with van der Waals surface area (Å²) in [7, 11) is 0. The molecule has 0 aliphatic carbocycles. The van der Waals surface area contributed by atoms with Gasteiger partial charge in [0, 0.05) is 23.1 Å². The van der Waals surface area contributed by atoms with Crippen LogP contribution in [0.15, 0.2) is 22.8 Å². The Labute approximate surface area is 105 Å². The second-order valence-electron chi connectivity index (χ2n) is 3.38. The Morgan fingerprint density at radius 1 is 1.47 bits per heavy atom. The van der Waals surface area contributed by atoms with Crippen molar-refractivity contribution in [3.63, 3.8) is 0 Å². The highest BCUT2D eigenvalue weighted by atomic mass is 79.9. The third kappa shape index (κ3) is 4.96. The highest BCUT2D eigenvalue weighted by Gasteiger charge is 2.03. The van der Waals surface area contributed by atoms with Gasteiger partial charge in [0.15, 0.2) is 0 Å². The monoisotopic (exact) mass is 290 g/mol. The van der Waals surface area contributed by atoms with Crippen molar-refractivity contribution in [1.82, 2.24) is 9.88 Å². The number of nitrogens with zero attached hydrogens (tertiary/aromatic N) is 2. The van der Waals surface area contributed by atoms with Gasteiger partial charge in [0.25, 0.3) is 0 Å². The molecule has 0 atom stereocenters. The Morgan fingerprint density at radius 3 is 2.80 bits per heavy atom. The lowest BCUT2D eigenvalue weighted by atomic mass is 10.3. The van der Waals surface area contributed by atoms with E-state index in [1.807, 2.05) is 18.3 Å². The van der Waals surface area contributed by atoms with E-state index in [9.17, 15) is 0 Å². The summed E-state index contributed by atoms with van der Waals surface area (Å²) in [5.74, 6) is 0.726. The van der Waals surface area contributed by atoms with Crippen LogP contribution in [-0.4, -0.2) is 28.9 Å². The van der Waals surface area contributed by atoms with Gasteiger partial charge < -0.3 is 0 Å². The summed E-state index contributed by atoms with van der Waals surface area (Å²) in [6.07, 6.45) is 2.87. The zero-order chi connectivity index (χ0) is 11.1. The van der Waals surface area contributed by atoms with Crippen LogP contribution in [0.2, 0.25) is 0 Å². The summed E-state index contributed by atoms with van der Waals surface area (Å²) < 4.78 is 1.02. The van der Waals surface area contributed by atoms with Crippen molar-refractivity contribution < 1.29 is 0 Å². The Bertz CT molecular complexity index is 276. The number of hydrogen-bond donors (Lipinski definition) is 0. The second-order valence-corrected chi connectivity index (χ2v) is 4.67. The van der Waals surface area contributed by atoms with Gasteiger partial charge in [-0.1, -0.05) is 6.92 Å². The van der Waals surface area contributed by atoms with Crippen LogP contribution < -0.4 is 0 Å². The van der Waals surface area contributed by atoms with Gasteiger partial charge in [0.05, 0.1) is 5.69 Å². The van der Waals surface area contributed by atoms with E-state index >= 15 is 0 Å². The van der Waals surface area contributed by atoms with Gasteiger partial charge in [0.2, 0.25) is 0 Å². The third-order valence-corrected chi connectivity index (χ3v) is 2.97. The zero-order valence-electron chi connectivity index (χ0n) is 8.92. The lowest BCUT2D eigenvalue weighted by Gasteiger charge is -2.19. The molecule has 0 fully saturated rings. The molecule has 0 unspecified atom stereocenters. The lowest BCUT2D eigenvalue weighted by Crippen LogP contribution is -2.24. The van der Waals surface area contributed by atoms with Gasteiger partial charge in [-0.3, -0.25) is 9.88 Å². The highest BCUT2D eigenvalue weighted by molar-refractivity contribution is 9.10. The molecule has 0 bridgehead atoms. The van der Waals surface area contributed by atoms with Gasteiger partial charge in [0.1, 0.15) is 0 Å². The van der Waals surface area contributed by atoms with E-state index in [4.69, 9.17) is 11.6 Å². The predicted octanol–water partition coefficient (Wildman–Crippen LogP) is 3.29. The molecule has 84 valence electrons. The Kier molecular flexibility index (Phi) is 6.22. The number of rotatable bonds is 6. The van der Waals surface area contributed by atoms with Crippen LogP contribution in [0.4, 0.5) is 0 Å². The van der Waals surface area contributed by atoms with Gasteiger partial charge >= 0.3 is 0 Å². The van der Waals surface area contributed by atoms with Crippen LogP contribution in [-0.2, 0) is 6.54 Å². The first kappa shape index (κ1) is 12.9. The van der Waals surface area contributed by atoms with E-state index in [1.54, 1.807) is 0 Å². The molecule has 0 aliphatic heterocycles. The van der Waals surface area contributed by atoms with Crippen molar-refractivity contribution in [2.75, 3.05) is 19.0 Å². The Balaban J connectivity index is 2.47. The minimum Gasteiger partial charge on any atom is -0.298 e. The molecule has 4 heteroatoms. The van der Waals surface area contributed by atoms with Crippen LogP contribution in [0, 0.1) is 0 Å². The molecule has 0 amide bonds. The molecule has 1 aromatic heterocycles. The standard InChI is InChI=1S/C11H16BrClN2/c1-2-15(7-3-6-13)9-11-5-4-10(12)8-14-11/h4-5,8H,2-3,6-7,9H2,1H3. The maximum atomic E-state index is 5.68. The quantitative estimate of drug-likeness (QED) is 0.748. The van der Waals surface area contributed by atoms with Crippen LogP contribution in [0.25, 0.3) is 0 Å². The van der Waals surface area contributed by atoms with Gasteiger partial charge in [-0.25, -0.2) is 0 Å². The Morgan fingerprint density at radius 2 is 2.27 bits per heavy atom. The third-order valence-electron chi connectivity index (χ3n) is 2.23. The first-order valence-corrected chi connectivity index (χ1v) is 6.47. The molecule has 0 radical (unpaired) electrons. The van der Waals surface area contributed by atoms with E-state index in [0.717, 1.165) is 42.1 Å². The van der Waals surface area contributed by atoms with Crippen molar-refractivity contribution in [2.45, 2.75) is 19.9 Å². The van der Waals surface area contributed by atoms with Crippen molar-refractivity contribution in [2.24, 2.45) is 0 Å². The van der Waals surface area contributed by atoms with E-state index in [-0.39, 0.29) is 0 Å². The van der Waals surface area contributed by atoms with E-state index in [2.05, 4.69) is 32.7 Å². The second kappa shape index (κ2) is 7.20. The van der Waals surface area contributed by atoms with E-state index in [1.165, 1.54) is 0 Å². The number of alkyl halides is 1. The fourth-order valence-corrected chi connectivity index (χ4v) is 1.72. The van der Waals surface area contributed by atoms with Gasteiger partial charge in [-0.2, -0.15) is 0 Å². The van der Waals surface area contributed by atoms with Crippen LogP contribution in [0.5, 0.6) is 0 Å². The summed E-state index contributed by atoms with van der Waals surface area (Å²) >= 11 is 9.05. The largest absolute Gasteiger partial charge is 0.298 e. The number of pyridine rings is 1. The molecule has 0 saturated heterocycles. The minimum atomic E-state index is 0.726. The molecule has 0 saturated carbocycles. The van der Waals surface area contributed by atoms with E-state index < -0.39 is 0 Å². The van der Waals surface area contributed by atoms with Gasteiger partial charge in [-0.15, -0.1) is 11.6 Å². The van der Waals surface area contributed by atoms with Crippen LogP contribution in [0.3, 0.4) is 0 Å². The van der Waals surface area contributed by atoms with Crippen molar-refractivity contribution in [1.29, 1.82) is 0 Å². The number of halogens is 2. The predicted molar refractivity (Wildman–Crippen MR) is 68.2 cm³/mol. The topological polar surface area (TPSA) is 16.1 Å². The summed E-state index contributed by atoms with van der Waals surface area (Å²) in [6, 6.07) is 4.07. The molecule has 0 aliphatic rings. The SMILES string of the molecule is CCN(CCCCl)Cc1ccc(Br)cn1. The number of aromatic nitrogens is 1. The summed E-state index contributed by atoms with van der Waals surface area (Å²) in [5.41, 5.74) is 1.11. The first-order chi connectivity index (χ1) is 7.26. The fraction of sp³-hybridized carbons (Fsp3) is 0.545. The molecule has 1 heterocycles. The molecule has 0 N–H and O–H groups in total. The fourth-order valence-electron chi connectivity index (χ4n) is 1.36. The molecule has 15 heavy (non-hydrogen) atoms. The smallest absolute Gasteiger partial charge is 0.0544 e. The molecule has 0 spiro atoms. The normalized spacial score (nSPS) is 10.9. The number of hydrogen-bond acceptors (Lipinski definition) is 2. The Hall–Kier alpha value is -0.120. The molecule has 0 aromatic carbocycles. The van der Waals surface area contributed by atoms with Crippen LogP contribution in [0.1, 0.15) is 19.0 Å². The lowest BCUT2D eigenvalue weighted by molar-refractivity contribution is 0.278. The van der Waals surface area contributed by atoms with Crippen molar-refractivity contribution in [3.05, 3.63) is 28.5 Å². The molecule has 2 nitrogen and oxygen atoms in total. The average molecular weight is 292 g/mol. The maximum Gasteiger partial charge on any atom is 0.0544 e. The van der Waals surface area contributed by atoms with Crippen molar-refractivity contribution >= 4 is 27.5 Å².